The van der Waals surface area contributed by atoms with Crippen molar-refractivity contribution in [3.63, 3.8) is 0 Å². The van der Waals surface area contributed by atoms with Crippen molar-refractivity contribution < 1.29 is 9.47 Å². The minimum absolute atomic E-state index is 0.246. The molecule has 0 N–H and O–H groups in total. The van der Waals surface area contributed by atoms with Crippen molar-refractivity contribution >= 4 is 0 Å². The van der Waals surface area contributed by atoms with Gasteiger partial charge in [0.2, 0.25) is 0 Å². The van der Waals surface area contributed by atoms with E-state index in [1.54, 1.807) is 7.11 Å². The third-order valence-electron chi connectivity index (χ3n) is 2.44. The molecular formula is C10H21NO2. The van der Waals surface area contributed by atoms with Crippen molar-refractivity contribution in [1.29, 1.82) is 0 Å². The van der Waals surface area contributed by atoms with Gasteiger partial charge in [-0.2, -0.15) is 0 Å². The summed E-state index contributed by atoms with van der Waals surface area (Å²) < 4.78 is 10.8. The van der Waals surface area contributed by atoms with Crippen molar-refractivity contribution in [2.45, 2.75) is 39.0 Å². The molecule has 3 heteroatoms. The van der Waals surface area contributed by atoms with Crippen LogP contribution in [0.2, 0.25) is 0 Å². The van der Waals surface area contributed by atoms with E-state index in [1.165, 1.54) is 0 Å². The Morgan fingerprint density at radius 3 is 2.69 bits per heavy atom. The zero-order valence-electron chi connectivity index (χ0n) is 9.12. The zero-order valence-corrected chi connectivity index (χ0v) is 9.12. The number of hydrogen-bond donors (Lipinski definition) is 0. The third kappa shape index (κ3) is 3.25. The van der Waals surface area contributed by atoms with E-state index in [4.69, 9.17) is 9.47 Å². The van der Waals surface area contributed by atoms with Gasteiger partial charge in [-0.15, -0.1) is 0 Å². The first-order valence-electron chi connectivity index (χ1n) is 5.02. The van der Waals surface area contributed by atoms with E-state index < -0.39 is 0 Å². The Balaban J connectivity index is 2.42. The van der Waals surface area contributed by atoms with Crippen LogP contribution in [0, 0.1) is 0 Å². The SMILES string of the molecule is COC[C@@H]1CN(C(C)C)C[C@@H](C)O1. The first kappa shape index (κ1) is 11.0. The summed E-state index contributed by atoms with van der Waals surface area (Å²) in [6.45, 7) is 9.31. The maximum absolute atomic E-state index is 5.74. The van der Waals surface area contributed by atoms with Crippen LogP contribution in [0.1, 0.15) is 20.8 Å². The Bertz CT molecular complexity index is 150. The number of methoxy groups -OCH3 is 1. The molecule has 0 amide bonds. The summed E-state index contributed by atoms with van der Waals surface area (Å²) in [5.74, 6) is 0. The van der Waals surface area contributed by atoms with Gasteiger partial charge >= 0.3 is 0 Å². The van der Waals surface area contributed by atoms with E-state index in [0.717, 1.165) is 13.1 Å². The van der Waals surface area contributed by atoms with Crippen LogP contribution in [0.25, 0.3) is 0 Å². The molecule has 0 spiro atoms. The lowest BCUT2D eigenvalue weighted by Gasteiger charge is -2.38. The van der Waals surface area contributed by atoms with Crippen LogP contribution < -0.4 is 0 Å². The van der Waals surface area contributed by atoms with Crippen molar-refractivity contribution in [1.82, 2.24) is 4.90 Å². The lowest BCUT2D eigenvalue weighted by molar-refractivity contribution is -0.107. The van der Waals surface area contributed by atoms with Gasteiger partial charge in [0.1, 0.15) is 0 Å². The smallest absolute Gasteiger partial charge is 0.0939 e. The van der Waals surface area contributed by atoms with Gasteiger partial charge < -0.3 is 9.47 Å². The van der Waals surface area contributed by atoms with Crippen LogP contribution in [0.15, 0.2) is 0 Å². The van der Waals surface area contributed by atoms with E-state index >= 15 is 0 Å². The fourth-order valence-electron chi connectivity index (χ4n) is 1.78. The molecule has 0 unspecified atom stereocenters. The van der Waals surface area contributed by atoms with Crippen molar-refractivity contribution in [3.8, 4) is 0 Å². The molecule has 0 aromatic heterocycles. The maximum atomic E-state index is 5.74. The average molecular weight is 187 g/mol. The second-order valence-corrected chi connectivity index (χ2v) is 4.07. The second kappa shape index (κ2) is 4.94. The summed E-state index contributed by atoms with van der Waals surface area (Å²) >= 11 is 0. The Labute approximate surface area is 81.0 Å². The third-order valence-corrected chi connectivity index (χ3v) is 2.44. The molecule has 0 aliphatic carbocycles. The molecule has 0 aromatic rings. The van der Waals surface area contributed by atoms with Gasteiger partial charge in [0.05, 0.1) is 18.8 Å². The summed E-state index contributed by atoms with van der Waals surface area (Å²) in [7, 11) is 1.72. The first-order chi connectivity index (χ1) is 6.13. The highest BCUT2D eigenvalue weighted by molar-refractivity contribution is 4.77. The lowest BCUT2D eigenvalue weighted by Crippen LogP contribution is -2.50. The molecule has 13 heavy (non-hydrogen) atoms. The standard InChI is InChI=1S/C10H21NO2/c1-8(2)11-5-9(3)13-10(6-11)7-12-4/h8-10H,5-7H2,1-4H3/t9-,10+/m1/s1. The Morgan fingerprint density at radius 2 is 2.15 bits per heavy atom. The first-order valence-corrected chi connectivity index (χ1v) is 5.02. The van der Waals surface area contributed by atoms with Gasteiger partial charge in [-0.1, -0.05) is 0 Å². The molecule has 1 heterocycles. The second-order valence-electron chi connectivity index (χ2n) is 4.07. The van der Waals surface area contributed by atoms with E-state index in [0.29, 0.717) is 18.8 Å². The van der Waals surface area contributed by atoms with Gasteiger partial charge in [0.25, 0.3) is 0 Å². The van der Waals surface area contributed by atoms with E-state index in [1.807, 2.05) is 0 Å². The van der Waals surface area contributed by atoms with Crippen LogP contribution in [0.5, 0.6) is 0 Å². The normalized spacial score (nSPS) is 31.2. The van der Waals surface area contributed by atoms with Crippen molar-refractivity contribution in [3.05, 3.63) is 0 Å². The number of nitrogens with zero attached hydrogens (tertiary/aromatic N) is 1. The molecule has 78 valence electrons. The Morgan fingerprint density at radius 1 is 1.46 bits per heavy atom. The molecule has 0 aromatic carbocycles. The molecule has 1 fully saturated rings. The summed E-state index contributed by atoms with van der Waals surface area (Å²) in [5.41, 5.74) is 0. The molecule has 1 aliphatic rings. The fourth-order valence-corrected chi connectivity index (χ4v) is 1.78. The van der Waals surface area contributed by atoms with Gasteiger partial charge in [0, 0.05) is 26.2 Å². The van der Waals surface area contributed by atoms with Gasteiger partial charge in [-0.3, -0.25) is 4.90 Å². The highest BCUT2D eigenvalue weighted by atomic mass is 16.5. The average Bonchev–Trinajstić information content (AvgIpc) is 2.03. The summed E-state index contributed by atoms with van der Waals surface area (Å²) in [5, 5.41) is 0. The number of ether oxygens (including phenoxy) is 2. The minimum Gasteiger partial charge on any atom is -0.382 e. The molecule has 0 radical (unpaired) electrons. The Kier molecular flexibility index (Phi) is 4.16. The van der Waals surface area contributed by atoms with Gasteiger partial charge in [0.15, 0.2) is 0 Å². The topological polar surface area (TPSA) is 21.7 Å². The van der Waals surface area contributed by atoms with E-state index in [-0.39, 0.29) is 6.10 Å². The molecule has 3 nitrogen and oxygen atoms in total. The maximum Gasteiger partial charge on any atom is 0.0939 e. The fraction of sp³-hybridized carbons (Fsp3) is 1.00. The van der Waals surface area contributed by atoms with Crippen LogP contribution >= 0.6 is 0 Å². The molecule has 0 bridgehead atoms. The summed E-state index contributed by atoms with van der Waals surface area (Å²) in [6, 6.07) is 0.603. The monoisotopic (exact) mass is 187 g/mol. The molecule has 1 aliphatic heterocycles. The van der Waals surface area contributed by atoms with E-state index in [9.17, 15) is 0 Å². The lowest BCUT2D eigenvalue weighted by atomic mass is 10.2. The zero-order chi connectivity index (χ0) is 9.84. The highest BCUT2D eigenvalue weighted by Gasteiger charge is 2.26. The van der Waals surface area contributed by atoms with Crippen LogP contribution in [0.3, 0.4) is 0 Å². The quantitative estimate of drug-likeness (QED) is 0.661. The van der Waals surface area contributed by atoms with Crippen LogP contribution in [0.4, 0.5) is 0 Å². The van der Waals surface area contributed by atoms with Crippen molar-refractivity contribution in [2.75, 3.05) is 26.8 Å². The van der Waals surface area contributed by atoms with Gasteiger partial charge in [-0.05, 0) is 20.8 Å². The van der Waals surface area contributed by atoms with Crippen molar-refractivity contribution in [2.24, 2.45) is 0 Å². The summed E-state index contributed by atoms with van der Waals surface area (Å²) in [4.78, 5) is 2.44. The number of hydrogen-bond acceptors (Lipinski definition) is 3. The van der Waals surface area contributed by atoms with Crippen LogP contribution in [-0.4, -0.2) is 50.0 Å². The van der Waals surface area contributed by atoms with E-state index in [2.05, 4.69) is 25.7 Å². The predicted octanol–water partition coefficient (Wildman–Crippen LogP) is 1.13. The van der Waals surface area contributed by atoms with Gasteiger partial charge in [-0.25, -0.2) is 0 Å². The van der Waals surface area contributed by atoms with Crippen LogP contribution in [-0.2, 0) is 9.47 Å². The predicted molar refractivity (Wildman–Crippen MR) is 52.9 cm³/mol. The number of rotatable bonds is 3. The molecule has 1 rings (SSSR count). The highest BCUT2D eigenvalue weighted by Crippen LogP contribution is 2.13. The Hall–Kier alpha value is -0.120. The minimum atomic E-state index is 0.246. The molecule has 2 atom stereocenters. The largest absolute Gasteiger partial charge is 0.382 e. The molecular weight excluding hydrogens is 166 g/mol. The number of morpholine rings is 1. The summed E-state index contributed by atoms with van der Waals surface area (Å²) in [6.07, 6.45) is 0.576. The molecule has 0 saturated carbocycles. The molecule has 1 saturated heterocycles.